The van der Waals surface area contributed by atoms with Gasteiger partial charge in [-0.25, -0.2) is 8.78 Å². The normalized spacial score (nSPS) is 22.8. The van der Waals surface area contributed by atoms with Gasteiger partial charge in [-0.3, -0.25) is 0 Å². The standard InChI is InChI=1S/C13H17F2NO2/c1-13(2)8-17-6-10(16-13)7-18-12-4-3-9(14)5-11(12)15/h3-5,10,16H,6-8H2,1-2H3. The van der Waals surface area contributed by atoms with E-state index in [0.717, 1.165) is 6.07 Å². The van der Waals surface area contributed by atoms with E-state index in [1.165, 1.54) is 12.1 Å². The zero-order valence-corrected chi connectivity index (χ0v) is 10.5. The maximum absolute atomic E-state index is 13.3. The van der Waals surface area contributed by atoms with Gasteiger partial charge in [0.2, 0.25) is 0 Å². The predicted octanol–water partition coefficient (Wildman–Crippen LogP) is 2.11. The van der Waals surface area contributed by atoms with Crippen LogP contribution in [0.5, 0.6) is 5.75 Å². The van der Waals surface area contributed by atoms with E-state index in [-0.39, 0.29) is 23.9 Å². The summed E-state index contributed by atoms with van der Waals surface area (Å²) in [5, 5.41) is 3.35. The molecule has 0 bridgehead atoms. The van der Waals surface area contributed by atoms with Crippen LogP contribution < -0.4 is 10.1 Å². The molecule has 0 spiro atoms. The Balaban J connectivity index is 1.91. The minimum Gasteiger partial charge on any atom is -0.489 e. The van der Waals surface area contributed by atoms with Gasteiger partial charge in [-0.2, -0.15) is 0 Å². The van der Waals surface area contributed by atoms with Gasteiger partial charge in [0, 0.05) is 11.6 Å². The lowest BCUT2D eigenvalue weighted by atomic mass is 10.0. The second-order valence-electron chi connectivity index (χ2n) is 5.13. The largest absolute Gasteiger partial charge is 0.489 e. The Morgan fingerprint density at radius 3 is 2.89 bits per heavy atom. The highest BCUT2D eigenvalue weighted by Gasteiger charge is 2.28. The molecule has 18 heavy (non-hydrogen) atoms. The van der Waals surface area contributed by atoms with Crippen molar-refractivity contribution in [3.8, 4) is 5.75 Å². The monoisotopic (exact) mass is 257 g/mol. The maximum atomic E-state index is 13.3. The Morgan fingerprint density at radius 2 is 2.22 bits per heavy atom. The van der Waals surface area contributed by atoms with E-state index >= 15 is 0 Å². The molecule has 0 aromatic heterocycles. The van der Waals surface area contributed by atoms with Crippen molar-refractivity contribution in [3.05, 3.63) is 29.8 Å². The molecule has 1 aromatic carbocycles. The molecule has 1 fully saturated rings. The van der Waals surface area contributed by atoms with Crippen LogP contribution in [0.15, 0.2) is 18.2 Å². The average molecular weight is 257 g/mol. The van der Waals surface area contributed by atoms with E-state index in [4.69, 9.17) is 9.47 Å². The lowest BCUT2D eigenvalue weighted by Gasteiger charge is -2.36. The SMILES string of the molecule is CC1(C)COCC(COc2ccc(F)cc2F)N1. The molecule has 1 N–H and O–H groups in total. The molecule has 1 aliphatic heterocycles. The molecule has 0 aliphatic carbocycles. The van der Waals surface area contributed by atoms with Crippen LogP contribution in [0.4, 0.5) is 8.78 Å². The van der Waals surface area contributed by atoms with Crippen molar-refractivity contribution in [1.82, 2.24) is 5.32 Å². The lowest BCUT2D eigenvalue weighted by Crippen LogP contribution is -2.57. The summed E-state index contributed by atoms with van der Waals surface area (Å²) < 4.78 is 36.8. The third kappa shape index (κ3) is 3.40. The predicted molar refractivity (Wildman–Crippen MR) is 63.7 cm³/mol. The number of benzene rings is 1. The molecule has 1 unspecified atom stereocenters. The van der Waals surface area contributed by atoms with E-state index in [1.54, 1.807) is 0 Å². The van der Waals surface area contributed by atoms with Gasteiger partial charge in [0.1, 0.15) is 12.4 Å². The van der Waals surface area contributed by atoms with Gasteiger partial charge in [-0.15, -0.1) is 0 Å². The molecule has 0 radical (unpaired) electrons. The first-order chi connectivity index (χ1) is 8.46. The second kappa shape index (κ2) is 5.20. The zero-order valence-electron chi connectivity index (χ0n) is 10.5. The summed E-state index contributed by atoms with van der Waals surface area (Å²) in [5.41, 5.74) is -0.117. The number of nitrogens with one attached hydrogen (secondary N) is 1. The average Bonchev–Trinajstić information content (AvgIpc) is 2.26. The molecular weight excluding hydrogens is 240 g/mol. The van der Waals surface area contributed by atoms with Crippen molar-refractivity contribution >= 4 is 0 Å². The number of morpholine rings is 1. The summed E-state index contributed by atoms with van der Waals surface area (Å²) >= 11 is 0. The Bertz CT molecular complexity index is 423. The van der Waals surface area contributed by atoms with Gasteiger partial charge < -0.3 is 14.8 Å². The summed E-state index contributed by atoms with van der Waals surface area (Å²) in [6, 6.07) is 3.27. The van der Waals surface area contributed by atoms with Crippen molar-refractivity contribution in [3.63, 3.8) is 0 Å². The third-order valence-electron chi connectivity index (χ3n) is 2.71. The lowest BCUT2D eigenvalue weighted by molar-refractivity contribution is 0.000582. The third-order valence-corrected chi connectivity index (χ3v) is 2.71. The first kappa shape index (κ1) is 13.2. The highest BCUT2D eigenvalue weighted by Crippen LogP contribution is 2.18. The second-order valence-corrected chi connectivity index (χ2v) is 5.13. The van der Waals surface area contributed by atoms with Crippen LogP contribution in [-0.4, -0.2) is 31.4 Å². The van der Waals surface area contributed by atoms with Crippen molar-refractivity contribution in [2.45, 2.75) is 25.4 Å². The fraction of sp³-hybridized carbons (Fsp3) is 0.538. The van der Waals surface area contributed by atoms with Gasteiger partial charge in [0.15, 0.2) is 11.6 Å². The van der Waals surface area contributed by atoms with E-state index in [2.05, 4.69) is 5.32 Å². The van der Waals surface area contributed by atoms with Crippen molar-refractivity contribution < 1.29 is 18.3 Å². The smallest absolute Gasteiger partial charge is 0.167 e. The quantitative estimate of drug-likeness (QED) is 0.899. The van der Waals surface area contributed by atoms with Crippen LogP contribution in [-0.2, 0) is 4.74 Å². The topological polar surface area (TPSA) is 30.5 Å². The van der Waals surface area contributed by atoms with Crippen LogP contribution in [0.25, 0.3) is 0 Å². The van der Waals surface area contributed by atoms with Crippen LogP contribution in [0.3, 0.4) is 0 Å². The molecule has 100 valence electrons. The number of ether oxygens (including phenoxy) is 2. The Hall–Kier alpha value is -1.20. The summed E-state index contributed by atoms with van der Waals surface area (Å²) in [4.78, 5) is 0. The van der Waals surface area contributed by atoms with Gasteiger partial charge in [0.25, 0.3) is 0 Å². The molecule has 2 rings (SSSR count). The molecular formula is C13H17F2NO2. The molecule has 1 atom stereocenters. The number of hydrogen-bond donors (Lipinski definition) is 1. The minimum atomic E-state index is -0.689. The van der Waals surface area contributed by atoms with Gasteiger partial charge >= 0.3 is 0 Å². The van der Waals surface area contributed by atoms with Gasteiger partial charge in [0.05, 0.1) is 19.3 Å². The van der Waals surface area contributed by atoms with Crippen molar-refractivity contribution in [2.75, 3.05) is 19.8 Å². The highest BCUT2D eigenvalue weighted by atomic mass is 19.1. The molecule has 1 heterocycles. The Morgan fingerprint density at radius 1 is 1.44 bits per heavy atom. The van der Waals surface area contributed by atoms with Crippen LogP contribution in [0.2, 0.25) is 0 Å². The van der Waals surface area contributed by atoms with Crippen molar-refractivity contribution in [1.29, 1.82) is 0 Å². The van der Waals surface area contributed by atoms with E-state index < -0.39 is 11.6 Å². The fourth-order valence-corrected chi connectivity index (χ4v) is 1.96. The molecule has 0 saturated carbocycles. The number of hydrogen-bond acceptors (Lipinski definition) is 3. The molecule has 3 nitrogen and oxygen atoms in total. The number of rotatable bonds is 3. The van der Waals surface area contributed by atoms with E-state index in [1.807, 2.05) is 13.8 Å². The molecule has 1 saturated heterocycles. The molecule has 1 aliphatic rings. The first-order valence-corrected chi connectivity index (χ1v) is 5.89. The van der Waals surface area contributed by atoms with Crippen molar-refractivity contribution in [2.24, 2.45) is 0 Å². The molecule has 0 amide bonds. The van der Waals surface area contributed by atoms with Gasteiger partial charge in [-0.1, -0.05) is 0 Å². The Labute approximate surface area is 105 Å². The van der Waals surface area contributed by atoms with Crippen LogP contribution >= 0.6 is 0 Å². The summed E-state index contributed by atoms with van der Waals surface area (Å²) in [6.45, 7) is 5.49. The van der Waals surface area contributed by atoms with Gasteiger partial charge in [-0.05, 0) is 26.0 Å². The highest BCUT2D eigenvalue weighted by molar-refractivity contribution is 5.24. The van der Waals surface area contributed by atoms with E-state index in [0.29, 0.717) is 13.2 Å². The van der Waals surface area contributed by atoms with Crippen LogP contribution in [0, 0.1) is 11.6 Å². The summed E-state index contributed by atoms with van der Waals surface area (Å²) in [7, 11) is 0. The molecule has 1 aromatic rings. The first-order valence-electron chi connectivity index (χ1n) is 5.89. The number of halogens is 2. The van der Waals surface area contributed by atoms with E-state index in [9.17, 15) is 8.78 Å². The maximum Gasteiger partial charge on any atom is 0.167 e. The minimum absolute atomic E-state index is 0.00166. The Kier molecular flexibility index (Phi) is 3.82. The van der Waals surface area contributed by atoms with Crippen LogP contribution in [0.1, 0.15) is 13.8 Å². The zero-order chi connectivity index (χ0) is 13.2. The summed E-state index contributed by atoms with van der Waals surface area (Å²) in [5.74, 6) is -1.24. The fourth-order valence-electron chi connectivity index (χ4n) is 1.96. The molecule has 5 heteroatoms. The summed E-state index contributed by atoms with van der Waals surface area (Å²) in [6.07, 6.45) is 0.